The number of hydrogen-bond donors (Lipinski definition) is 0. The first-order valence-electron chi connectivity index (χ1n) is 4.50. The Kier molecular flexibility index (Phi) is 4.63. The summed E-state index contributed by atoms with van der Waals surface area (Å²) in [6.45, 7) is 5.68. The highest BCUT2D eigenvalue weighted by Gasteiger charge is 2.28. The van der Waals surface area contributed by atoms with E-state index in [2.05, 4.69) is 0 Å². The molecule has 0 radical (unpaired) electrons. The van der Waals surface area contributed by atoms with E-state index in [1.165, 1.54) is 11.8 Å². The molecule has 82 valence electrons. The Hall–Kier alpha value is 0.160. The van der Waals surface area contributed by atoms with E-state index in [0.717, 1.165) is 0 Å². The SMILES string of the molecule is CSC(=S)OCC1COC(C)(C)CO1. The Balaban J connectivity index is 2.19. The lowest BCUT2D eigenvalue weighted by Gasteiger charge is -2.34. The molecule has 0 aromatic rings. The molecule has 0 amide bonds. The van der Waals surface area contributed by atoms with Gasteiger partial charge in [-0.3, -0.25) is 0 Å². The average Bonchev–Trinajstić information content (AvgIpc) is 2.16. The summed E-state index contributed by atoms with van der Waals surface area (Å²) >= 11 is 6.34. The fourth-order valence-corrected chi connectivity index (χ4v) is 1.30. The van der Waals surface area contributed by atoms with Crippen LogP contribution in [0.3, 0.4) is 0 Å². The van der Waals surface area contributed by atoms with Crippen LogP contribution in [0.25, 0.3) is 0 Å². The molecule has 1 aliphatic rings. The molecular weight excluding hydrogens is 220 g/mol. The van der Waals surface area contributed by atoms with Gasteiger partial charge < -0.3 is 14.2 Å². The first kappa shape index (κ1) is 12.2. The van der Waals surface area contributed by atoms with Crippen molar-refractivity contribution < 1.29 is 14.2 Å². The predicted molar refractivity (Wildman–Crippen MR) is 61.8 cm³/mol. The quantitative estimate of drug-likeness (QED) is 0.682. The number of rotatable bonds is 2. The van der Waals surface area contributed by atoms with Crippen molar-refractivity contribution in [2.45, 2.75) is 25.6 Å². The van der Waals surface area contributed by atoms with E-state index >= 15 is 0 Å². The van der Waals surface area contributed by atoms with Crippen molar-refractivity contribution >= 4 is 28.4 Å². The van der Waals surface area contributed by atoms with Gasteiger partial charge in [0.15, 0.2) is 0 Å². The molecule has 0 aromatic heterocycles. The van der Waals surface area contributed by atoms with Crippen molar-refractivity contribution in [2.24, 2.45) is 0 Å². The van der Waals surface area contributed by atoms with Crippen LogP contribution in [0, 0.1) is 0 Å². The zero-order chi connectivity index (χ0) is 10.6. The van der Waals surface area contributed by atoms with Crippen molar-refractivity contribution in [1.82, 2.24) is 0 Å². The second-order valence-corrected chi connectivity index (χ2v) is 5.18. The highest BCUT2D eigenvalue weighted by Crippen LogP contribution is 2.17. The van der Waals surface area contributed by atoms with Crippen LogP contribution in [-0.2, 0) is 14.2 Å². The third kappa shape index (κ3) is 4.13. The molecule has 0 saturated carbocycles. The first-order chi connectivity index (χ1) is 6.53. The summed E-state index contributed by atoms with van der Waals surface area (Å²) in [5.74, 6) is 0. The lowest BCUT2D eigenvalue weighted by Crippen LogP contribution is -2.44. The fourth-order valence-electron chi connectivity index (χ4n) is 1.04. The van der Waals surface area contributed by atoms with Crippen LogP contribution >= 0.6 is 24.0 Å². The van der Waals surface area contributed by atoms with Gasteiger partial charge in [-0.05, 0) is 32.3 Å². The fraction of sp³-hybridized carbons (Fsp3) is 0.889. The van der Waals surface area contributed by atoms with E-state index in [1.54, 1.807) is 0 Å². The van der Waals surface area contributed by atoms with Crippen molar-refractivity contribution in [3.63, 3.8) is 0 Å². The Morgan fingerprint density at radius 3 is 2.86 bits per heavy atom. The molecule has 1 atom stereocenters. The normalized spacial score (nSPS) is 25.8. The van der Waals surface area contributed by atoms with Crippen molar-refractivity contribution in [3.05, 3.63) is 0 Å². The minimum Gasteiger partial charge on any atom is -0.476 e. The molecule has 0 bridgehead atoms. The summed E-state index contributed by atoms with van der Waals surface area (Å²) in [5, 5.41) is 0. The Bertz CT molecular complexity index is 196. The molecule has 1 heterocycles. The van der Waals surface area contributed by atoms with Crippen LogP contribution in [0.4, 0.5) is 0 Å². The van der Waals surface area contributed by atoms with E-state index in [4.69, 9.17) is 26.4 Å². The van der Waals surface area contributed by atoms with E-state index < -0.39 is 0 Å². The van der Waals surface area contributed by atoms with Crippen molar-refractivity contribution in [1.29, 1.82) is 0 Å². The van der Waals surface area contributed by atoms with Crippen LogP contribution < -0.4 is 0 Å². The maximum Gasteiger partial charge on any atom is 0.219 e. The summed E-state index contributed by atoms with van der Waals surface area (Å²) in [7, 11) is 0. The number of ether oxygens (including phenoxy) is 3. The molecule has 1 saturated heterocycles. The largest absolute Gasteiger partial charge is 0.476 e. The van der Waals surface area contributed by atoms with Gasteiger partial charge in [0.1, 0.15) is 12.7 Å². The topological polar surface area (TPSA) is 27.7 Å². The predicted octanol–water partition coefficient (Wildman–Crippen LogP) is 1.84. The van der Waals surface area contributed by atoms with Crippen LogP contribution in [0.5, 0.6) is 0 Å². The van der Waals surface area contributed by atoms with Crippen molar-refractivity contribution in [2.75, 3.05) is 26.1 Å². The van der Waals surface area contributed by atoms with Gasteiger partial charge >= 0.3 is 0 Å². The van der Waals surface area contributed by atoms with Crippen molar-refractivity contribution in [3.8, 4) is 0 Å². The number of hydrogen-bond acceptors (Lipinski definition) is 5. The Morgan fingerprint density at radius 1 is 1.64 bits per heavy atom. The van der Waals surface area contributed by atoms with Gasteiger partial charge in [-0.2, -0.15) is 0 Å². The summed E-state index contributed by atoms with van der Waals surface area (Å²) in [6.07, 6.45) is 1.90. The summed E-state index contributed by atoms with van der Waals surface area (Å²) in [6, 6.07) is 0. The number of thiocarbonyl (C=S) groups is 1. The third-order valence-corrected chi connectivity index (χ3v) is 2.95. The maximum absolute atomic E-state index is 5.59. The molecule has 0 spiro atoms. The molecule has 1 unspecified atom stereocenters. The molecule has 1 aliphatic heterocycles. The van der Waals surface area contributed by atoms with E-state index in [9.17, 15) is 0 Å². The second-order valence-electron chi connectivity index (χ2n) is 3.77. The molecule has 1 fully saturated rings. The van der Waals surface area contributed by atoms with Gasteiger partial charge in [-0.15, -0.1) is 0 Å². The van der Waals surface area contributed by atoms with Gasteiger partial charge in [-0.25, -0.2) is 0 Å². The zero-order valence-electron chi connectivity index (χ0n) is 8.74. The maximum atomic E-state index is 5.59. The van der Waals surface area contributed by atoms with E-state index in [1.807, 2.05) is 20.1 Å². The van der Waals surface area contributed by atoms with Gasteiger partial charge in [0.05, 0.1) is 18.8 Å². The molecular formula is C9H16O3S2. The van der Waals surface area contributed by atoms with Crippen LogP contribution in [0.1, 0.15) is 13.8 Å². The lowest BCUT2D eigenvalue weighted by atomic mass is 10.1. The van der Waals surface area contributed by atoms with Crippen LogP contribution in [0.15, 0.2) is 0 Å². The molecule has 5 heteroatoms. The second kappa shape index (κ2) is 5.30. The molecule has 14 heavy (non-hydrogen) atoms. The van der Waals surface area contributed by atoms with Crippen LogP contribution in [-0.4, -0.2) is 42.2 Å². The van der Waals surface area contributed by atoms with Gasteiger partial charge in [0, 0.05) is 0 Å². The van der Waals surface area contributed by atoms with Gasteiger partial charge in [-0.1, -0.05) is 11.8 Å². The lowest BCUT2D eigenvalue weighted by molar-refractivity contribution is -0.181. The van der Waals surface area contributed by atoms with E-state index in [0.29, 0.717) is 24.2 Å². The van der Waals surface area contributed by atoms with E-state index in [-0.39, 0.29) is 11.7 Å². The van der Waals surface area contributed by atoms with Gasteiger partial charge in [0.2, 0.25) is 4.38 Å². The molecule has 0 aromatic carbocycles. The molecule has 0 N–H and O–H groups in total. The Labute approximate surface area is 94.5 Å². The molecule has 1 rings (SSSR count). The monoisotopic (exact) mass is 236 g/mol. The third-order valence-electron chi connectivity index (χ3n) is 1.88. The molecule has 0 aliphatic carbocycles. The Morgan fingerprint density at radius 2 is 2.36 bits per heavy atom. The summed E-state index contributed by atoms with van der Waals surface area (Å²) < 4.78 is 17.0. The highest BCUT2D eigenvalue weighted by atomic mass is 32.2. The minimum absolute atomic E-state index is 0.00752. The summed E-state index contributed by atoms with van der Waals surface area (Å²) in [4.78, 5) is 0. The molecule has 3 nitrogen and oxygen atoms in total. The summed E-state index contributed by atoms with van der Waals surface area (Å²) in [5.41, 5.74) is -0.170. The van der Waals surface area contributed by atoms with Gasteiger partial charge in [0.25, 0.3) is 0 Å². The average molecular weight is 236 g/mol. The highest BCUT2D eigenvalue weighted by molar-refractivity contribution is 8.22. The number of thioether (sulfide) groups is 1. The van der Waals surface area contributed by atoms with Crippen LogP contribution in [0.2, 0.25) is 0 Å². The first-order valence-corrected chi connectivity index (χ1v) is 6.13. The smallest absolute Gasteiger partial charge is 0.219 e. The zero-order valence-corrected chi connectivity index (χ0v) is 10.4. The minimum atomic E-state index is -0.170. The standard InChI is InChI=1S/C9H16O3S2/c1-9(2)6-11-7(5-12-9)4-10-8(13)14-3/h7H,4-6H2,1-3H3.